The van der Waals surface area contributed by atoms with Gasteiger partial charge in [0.05, 0.1) is 0 Å². The Balaban J connectivity index is 2.61. The van der Waals surface area contributed by atoms with Crippen molar-refractivity contribution in [1.29, 1.82) is 0 Å². The number of hydrogen-bond donors (Lipinski definition) is 0. The molecule has 0 bridgehead atoms. The lowest BCUT2D eigenvalue weighted by molar-refractivity contribution is 0.926. The van der Waals surface area contributed by atoms with Crippen molar-refractivity contribution in [3.63, 3.8) is 0 Å². The van der Waals surface area contributed by atoms with E-state index in [1.807, 2.05) is 6.07 Å². The van der Waals surface area contributed by atoms with Gasteiger partial charge < -0.3 is 0 Å². The predicted molar refractivity (Wildman–Crippen MR) is 72.6 cm³/mol. The van der Waals surface area contributed by atoms with E-state index in [-0.39, 0.29) is 0 Å². The summed E-state index contributed by atoms with van der Waals surface area (Å²) in [7, 11) is 0. The van der Waals surface area contributed by atoms with E-state index in [1.54, 1.807) is 0 Å². The molecular weight excluding hydrogens is 192 g/mol. The quantitative estimate of drug-likeness (QED) is 0.611. The molecule has 0 aromatic heterocycles. The monoisotopic (exact) mass is 212 g/mol. The molecule has 0 saturated carbocycles. The van der Waals surface area contributed by atoms with Gasteiger partial charge in [-0.05, 0) is 17.6 Å². The van der Waals surface area contributed by atoms with Crippen molar-refractivity contribution in [2.75, 3.05) is 0 Å². The van der Waals surface area contributed by atoms with Crippen LogP contribution < -0.4 is 0 Å². The van der Waals surface area contributed by atoms with Crippen LogP contribution in [0, 0.1) is 0 Å². The second kappa shape index (κ2) is 6.84. The van der Waals surface area contributed by atoms with Crippen molar-refractivity contribution in [2.45, 2.75) is 26.2 Å². The van der Waals surface area contributed by atoms with Gasteiger partial charge in [0.15, 0.2) is 0 Å². The van der Waals surface area contributed by atoms with Crippen LogP contribution in [0.15, 0.2) is 66.8 Å². The van der Waals surface area contributed by atoms with E-state index < -0.39 is 0 Å². The summed E-state index contributed by atoms with van der Waals surface area (Å²) in [6.07, 6.45) is 9.43. The van der Waals surface area contributed by atoms with E-state index in [0.717, 1.165) is 12.0 Å². The smallest absolute Gasteiger partial charge is 0.00551 e. The lowest BCUT2D eigenvalue weighted by atomic mass is 9.94. The molecule has 0 spiro atoms. The van der Waals surface area contributed by atoms with Gasteiger partial charge in [0.2, 0.25) is 0 Å². The van der Waals surface area contributed by atoms with Crippen LogP contribution in [0.4, 0.5) is 0 Å². The third kappa shape index (κ3) is 3.90. The zero-order valence-electron chi connectivity index (χ0n) is 10.2. The summed E-state index contributed by atoms with van der Waals surface area (Å²) >= 11 is 0. The second-order valence-electron chi connectivity index (χ2n) is 3.90. The Kier molecular flexibility index (Phi) is 5.35. The zero-order valence-corrected chi connectivity index (χ0v) is 10.2. The molecule has 0 aliphatic carbocycles. The van der Waals surface area contributed by atoms with Crippen LogP contribution in [0.1, 0.15) is 31.7 Å². The maximum absolute atomic E-state index is 4.11. The van der Waals surface area contributed by atoms with Crippen molar-refractivity contribution in [1.82, 2.24) is 0 Å². The highest BCUT2D eigenvalue weighted by atomic mass is 14.1. The molecule has 84 valence electrons. The Morgan fingerprint density at radius 1 is 1.25 bits per heavy atom. The largest absolute Gasteiger partial charge is 0.0952 e. The SMILES string of the molecule is C=C(C=CC=CCC)C(C)c1ccccc1. The van der Waals surface area contributed by atoms with Gasteiger partial charge in [-0.3, -0.25) is 0 Å². The average Bonchev–Trinajstić information content (AvgIpc) is 2.34. The van der Waals surface area contributed by atoms with Gasteiger partial charge >= 0.3 is 0 Å². The Morgan fingerprint density at radius 2 is 1.94 bits per heavy atom. The van der Waals surface area contributed by atoms with Gasteiger partial charge in [-0.2, -0.15) is 0 Å². The van der Waals surface area contributed by atoms with Crippen LogP contribution in [0.25, 0.3) is 0 Å². The van der Waals surface area contributed by atoms with E-state index in [9.17, 15) is 0 Å². The molecule has 0 nitrogen and oxygen atoms in total. The average molecular weight is 212 g/mol. The summed E-state index contributed by atoms with van der Waals surface area (Å²) in [5.74, 6) is 0.382. The van der Waals surface area contributed by atoms with E-state index in [2.05, 4.69) is 69.0 Å². The lowest BCUT2D eigenvalue weighted by Gasteiger charge is -2.11. The summed E-state index contributed by atoms with van der Waals surface area (Å²) in [5, 5.41) is 0. The molecule has 1 aromatic carbocycles. The summed E-state index contributed by atoms with van der Waals surface area (Å²) in [6.45, 7) is 8.42. The molecule has 1 atom stereocenters. The summed E-state index contributed by atoms with van der Waals surface area (Å²) in [6, 6.07) is 10.5. The fourth-order valence-electron chi connectivity index (χ4n) is 1.49. The van der Waals surface area contributed by atoms with Crippen molar-refractivity contribution >= 4 is 0 Å². The third-order valence-electron chi connectivity index (χ3n) is 2.65. The van der Waals surface area contributed by atoms with Gasteiger partial charge in [0.25, 0.3) is 0 Å². The Bertz CT molecular complexity index is 368. The molecule has 0 fully saturated rings. The van der Waals surface area contributed by atoms with Crippen molar-refractivity contribution in [3.8, 4) is 0 Å². The maximum atomic E-state index is 4.11. The van der Waals surface area contributed by atoms with Gasteiger partial charge in [-0.15, -0.1) is 0 Å². The van der Waals surface area contributed by atoms with Crippen LogP contribution in [0.2, 0.25) is 0 Å². The van der Waals surface area contributed by atoms with E-state index in [4.69, 9.17) is 0 Å². The minimum Gasteiger partial charge on any atom is -0.0952 e. The lowest BCUT2D eigenvalue weighted by Crippen LogP contribution is -1.93. The molecule has 0 amide bonds. The second-order valence-corrected chi connectivity index (χ2v) is 3.90. The molecule has 16 heavy (non-hydrogen) atoms. The predicted octanol–water partition coefficient (Wildman–Crippen LogP) is 4.87. The Morgan fingerprint density at radius 3 is 2.56 bits per heavy atom. The van der Waals surface area contributed by atoms with E-state index in [1.165, 1.54) is 5.56 Å². The summed E-state index contributed by atoms with van der Waals surface area (Å²) in [4.78, 5) is 0. The first kappa shape index (κ1) is 12.5. The molecule has 1 rings (SSSR count). The third-order valence-corrected chi connectivity index (χ3v) is 2.65. The molecule has 1 unspecified atom stereocenters. The minimum atomic E-state index is 0.382. The molecule has 0 N–H and O–H groups in total. The highest BCUT2D eigenvalue weighted by Crippen LogP contribution is 2.22. The van der Waals surface area contributed by atoms with Crippen LogP contribution in [-0.4, -0.2) is 0 Å². The standard InChI is InChI=1S/C16H20/c1-4-5-6-8-11-14(2)15(3)16-12-9-7-10-13-16/h5-13,15H,2,4H2,1,3H3. The molecular formula is C16H20. The molecule has 1 aromatic rings. The maximum Gasteiger partial charge on any atom is 0.00551 e. The molecule has 0 radical (unpaired) electrons. The normalized spacial score (nSPS) is 13.4. The van der Waals surface area contributed by atoms with Crippen molar-refractivity contribution in [2.24, 2.45) is 0 Å². The Hall–Kier alpha value is -1.56. The highest BCUT2D eigenvalue weighted by Gasteiger charge is 2.05. The molecule has 0 saturated heterocycles. The fraction of sp³-hybridized carbons (Fsp3) is 0.250. The first-order valence-corrected chi connectivity index (χ1v) is 5.82. The molecule has 0 heteroatoms. The molecule has 0 aliphatic heterocycles. The van der Waals surface area contributed by atoms with Crippen LogP contribution in [-0.2, 0) is 0 Å². The molecule has 0 aliphatic rings. The highest BCUT2D eigenvalue weighted by molar-refractivity contribution is 5.33. The molecule has 0 heterocycles. The van der Waals surface area contributed by atoms with Gasteiger partial charge in [0.1, 0.15) is 0 Å². The van der Waals surface area contributed by atoms with Gasteiger partial charge in [-0.1, -0.05) is 75.1 Å². The van der Waals surface area contributed by atoms with Crippen molar-refractivity contribution < 1.29 is 0 Å². The first-order chi connectivity index (χ1) is 7.75. The number of hydrogen-bond acceptors (Lipinski definition) is 0. The van der Waals surface area contributed by atoms with Crippen molar-refractivity contribution in [3.05, 3.63) is 72.4 Å². The summed E-state index contributed by atoms with van der Waals surface area (Å²) in [5.41, 5.74) is 2.46. The number of allylic oxidation sites excluding steroid dienone is 5. The Labute approximate surface area is 99.0 Å². The minimum absolute atomic E-state index is 0.382. The van der Waals surface area contributed by atoms with Crippen LogP contribution >= 0.6 is 0 Å². The fourth-order valence-corrected chi connectivity index (χ4v) is 1.49. The zero-order chi connectivity index (χ0) is 11.8. The van der Waals surface area contributed by atoms with Gasteiger partial charge in [0, 0.05) is 5.92 Å². The summed E-state index contributed by atoms with van der Waals surface area (Å²) < 4.78 is 0. The van der Waals surface area contributed by atoms with Crippen LogP contribution in [0.5, 0.6) is 0 Å². The van der Waals surface area contributed by atoms with E-state index >= 15 is 0 Å². The van der Waals surface area contributed by atoms with E-state index in [0.29, 0.717) is 5.92 Å². The van der Waals surface area contributed by atoms with Gasteiger partial charge in [-0.25, -0.2) is 0 Å². The topological polar surface area (TPSA) is 0 Å². The number of benzene rings is 1. The van der Waals surface area contributed by atoms with Crippen LogP contribution in [0.3, 0.4) is 0 Å². The first-order valence-electron chi connectivity index (χ1n) is 5.82. The number of rotatable bonds is 5.